The Morgan fingerprint density at radius 1 is 1.15 bits per heavy atom. The van der Waals surface area contributed by atoms with Crippen LogP contribution in [0.4, 0.5) is 0 Å². The Morgan fingerprint density at radius 2 is 1.85 bits per heavy atom. The standard InChI is InChI=1S/C22H29N3O2/c1-7-15(8-2)19-12-14(4)25-20(19)22(26)24(5)21(23-25)18-11-10-17(27-6)13-16(18)9-3/h10-13,15H,7-9H2,1-6H3. The topological polar surface area (TPSA) is 48.5 Å². The van der Waals surface area contributed by atoms with Gasteiger partial charge in [-0.25, -0.2) is 4.52 Å². The van der Waals surface area contributed by atoms with E-state index in [1.54, 1.807) is 11.7 Å². The van der Waals surface area contributed by atoms with Crippen LogP contribution in [0.2, 0.25) is 0 Å². The van der Waals surface area contributed by atoms with E-state index in [1.807, 2.05) is 36.7 Å². The Balaban J connectivity index is 2.31. The fraction of sp³-hybridized carbons (Fsp3) is 0.455. The van der Waals surface area contributed by atoms with Crippen LogP contribution in [0.1, 0.15) is 56.4 Å². The highest BCUT2D eigenvalue weighted by molar-refractivity contribution is 5.65. The van der Waals surface area contributed by atoms with Gasteiger partial charge in [0.25, 0.3) is 5.56 Å². The van der Waals surface area contributed by atoms with Crippen molar-refractivity contribution in [3.05, 3.63) is 51.4 Å². The molecule has 5 heteroatoms. The molecular weight excluding hydrogens is 338 g/mol. The summed E-state index contributed by atoms with van der Waals surface area (Å²) in [6.07, 6.45) is 2.86. The second-order valence-electron chi connectivity index (χ2n) is 7.08. The molecule has 0 amide bonds. The quantitative estimate of drug-likeness (QED) is 0.645. The minimum absolute atomic E-state index is 0.00729. The van der Waals surface area contributed by atoms with Crippen LogP contribution >= 0.6 is 0 Å². The van der Waals surface area contributed by atoms with Crippen LogP contribution in [-0.4, -0.2) is 21.3 Å². The third-order valence-corrected chi connectivity index (χ3v) is 5.56. The summed E-state index contributed by atoms with van der Waals surface area (Å²) in [5, 5.41) is 4.88. The third kappa shape index (κ3) is 3.15. The molecule has 2 heterocycles. The van der Waals surface area contributed by atoms with Gasteiger partial charge in [-0.15, -0.1) is 5.10 Å². The zero-order valence-corrected chi connectivity index (χ0v) is 17.2. The number of hydrogen-bond donors (Lipinski definition) is 0. The first-order chi connectivity index (χ1) is 13.0. The van der Waals surface area contributed by atoms with Gasteiger partial charge in [0.05, 0.1) is 7.11 Å². The number of rotatable bonds is 6. The number of methoxy groups -OCH3 is 1. The van der Waals surface area contributed by atoms with Crippen LogP contribution in [0.5, 0.6) is 5.75 Å². The van der Waals surface area contributed by atoms with Crippen molar-refractivity contribution >= 4 is 5.52 Å². The van der Waals surface area contributed by atoms with E-state index in [-0.39, 0.29) is 5.56 Å². The molecule has 0 unspecified atom stereocenters. The molecule has 2 aromatic heterocycles. The van der Waals surface area contributed by atoms with E-state index < -0.39 is 0 Å². The summed E-state index contributed by atoms with van der Waals surface area (Å²) in [7, 11) is 3.48. The maximum Gasteiger partial charge on any atom is 0.278 e. The van der Waals surface area contributed by atoms with Crippen LogP contribution in [-0.2, 0) is 13.5 Å². The predicted molar refractivity (Wildman–Crippen MR) is 110 cm³/mol. The molecule has 0 saturated carbocycles. The Bertz CT molecular complexity index is 1030. The summed E-state index contributed by atoms with van der Waals surface area (Å²) >= 11 is 0. The van der Waals surface area contributed by atoms with Gasteiger partial charge in [0, 0.05) is 18.3 Å². The molecule has 3 rings (SSSR count). The van der Waals surface area contributed by atoms with Gasteiger partial charge in [0.15, 0.2) is 5.82 Å². The summed E-state index contributed by atoms with van der Waals surface area (Å²) in [5.74, 6) is 1.87. The van der Waals surface area contributed by atoms with Gasteiger partial charge in [0.1, 0.15) is 11.3 Å². The number of fused-ring (bicyclic) bond motifs is 1. The van der Waals surface area contributed by atoms with E-state index in [9.17, 15) is 4.79 Å². The Hall–Kier alpha value is -2.56. The van der Waals surface area contributed by atoms with Crippen molar-refractivity contribution < 1.29 is 4.74 Å². The van der Waals surface area contributed by atoms with Gasteiger partial charge in [-0.3, -0.25) is 9.36 Å². The Morgan fingerprint density at radius 3 is 2.44 bits per heavy atom. The zero-order valence-electron chi connectivity index (χ0n) is 17.2. The lowest BCUT2D eigenvalue weighted by Gasteiger charge is -2.15. The van der Waals surface area contributed by atoms with Crippen LogP contribution in [0.25, 0.3) is 16.9 Å². The number of aromatic nitrogens is 3. The average molecular weight is 367 g/mol. The lowest BCUT2D eigenvalue weighted by Crippen LogP contribution is -2.24. The average Bonchev–Trinajstić information content (AvgIpc) is 3.01. The van der Waals surface area contributed by atoms with Crippen molar-refractivity contribution in [3.8, 4) is 17.1 Å². The molecule has 0 bridgehead atoms. The van der Waals surface area contributed by atoms with Crippen molar-refractivity contribution in [2.45, 2.75) is 52.9 Å². The molecule has 3 aromatic rings. The maximum atomic E-state index is 13.3. The molecule has 0 radical (unpaired) electrons. The molecule has 0 aliphatic heterocycles. The lowest BCUT2D eigenvalue weighted by atomic mass is 9.95. The molecule has 144 valence electrons. The van der Waals surface area contributed by atoms with Crippen molar-refractivity contribution in [3.63, 3.8) is 0 Å². The maximum absolute atomic E-state index is 13.3. The van der Waals surface area contributed by atoms with Crippen molar-refractivity contribution in [1.29, 1.82) is 0 Å². The molecule has 5 nitrogen and oxygen atoms in total. The van der Waals surface area contributed by atoms with Gasteiger partial charge in [-0.05, 0) is 67.5 Å². The molecule has 1 aromatic carbocycles. The number of aryl methyl sites for hydroxylation is 2. The monoisotopic (exact) mass is 367 g/mol. The predicted octanol–water partition coefficient (Wildman–Crippen LogP) is 4.48. The molecule has 27 heavy (non-hydrogen) atoms. The van der Waals surface area contributed by atoms with E-state index in [0.717, 1.165) is 47.4 Å². The Kier molecular flexibility index (Phi) is 5.40. The number of benzene rings is 1. The SMILES string of the molecule is CCc1cc(OC)ccc1-c1nn2c(C)cc(C(CC)CC)c2c(=O)n1C. The molecule has 0 aliphatic rings. The molecule has 0 spiro atoms. The first kappa shape index (κ1) is 19.2. The summed E-state index contributed by atoms with van der Waals surface area (Å²) in [5.41, 5.74) is 4.91. The molecule has 0 atom stereocenters. The van der Waals surface area contributed by atoms with Gasteiger partial charge >= 0.3 is 0 Å². The fourth-order valence-electron chi connectivity index (χ4n) is 3.89. The minimum Gasteiger partial charge on any atom is -0.497 e. The van der Waals surface area contributed by atoms with E-state index in [2.05, 4.69) is 26.8 Å². The Labute approximate surface area is 160 Å². The third-order valence-electron chi connectivity index (χ3n) is 5.56. The van der Waals surface area contributed by atoms with Crippen LogP contribution in [0, 0.1) is 6.92 Å². The van der Waals surface area contributed by atoms with Crippen molar-refractivity contribution in [2.75, 3.05) is 7.11 Å². The van der Waals surface area contributed by atoms with Gasteiger partial charge in [-0.2, -0.15) is 0 Å². The molecule has 0 aliphatic carbocycles. The van der Waals surface area contributed by atoms with E-state index in [0.29, 0.717) is 17.3 Å². The number of nitrogens with zero attached hydrogens (tertiary/aromatic N) is 3. The fourth-order valence-corrected chi connectivity index (χ4v) is 3.89. The first-order valence-corrected chi connectivity index (χ1v) is 9.73. The van der Waals surface area contributed by atoms with Gasteiger partial charge < -0.3 is 4.74 Å². The van der Waals surface area contributed by atoms with Gasteiger partial charge in [0.2, 0.25) is 0 Å². The first-order valence-electron chi connectivity index (χ1n) is 9.73. The summed E-state index contributed by atoms with van der Waals surface area (Å²) in [4.78, 5) is 13.3. The highest BCUT2D eigenvalue weighted by Crippen LogP contribution is 2.30. The van der Waals surface area contributed by atoms with E-state index in [4.69, 9.17) is 9.84 Å². The molecular formula is C22H29N3O2. The summed E-state index contributed by atoms with van der Waals surface area (Å²) < 4.78 is 8.86. The zero-order chi connectivity index (χ0) is 19.7. The van der Waals surface area contributed by atoms with Crippen molar-refractivity contribution in [1.82, 2.24) is 14.2 Å². The second-order valence-corrected chi connectivity index (χ2v) is 7.08. The van der Waals surface area contributed by atoms with Crippen LogP contribution in [0.15, 0.2) is 29.1 Å². The smallest absolute Gasteiger partial charge is 0.278 e. The summed E-state index contributed by atoms with van der Waals surface area (Å²) in [6.45, 7) is 8.46. The molecule has 0 saturated heterocycles. The number of hydrogen-bond acceptors (Lipinski definition) is 3. The largest absolute Gasteiger partial charge is 0.497 e. The van der Waals surface area contributed by atoms with Gasteiger partial charge in [-0.1, -0.05) is 20.8 Å². The van der Waals surface area contributed by atoms with Crippen LogP contribution < -0.4 is 10.3 Å². The minimum atomic E-state index is 0.00729. The van der Waals surface area contributed by atoms with E-state index in [1.165, 1.54) is 0 Å². The van der Waals surface area contributed by atoms with Crippen molar-refractivity contribution in [2.24, 2.45) is 7.05 Å². The summed E-state index contributed by atoms with van der Waals surface area (Å²) in [6, 6.07) is 8.05. The molecule has 0 fully saturated rings. The lowest BCUT2D eigenvalue weighted by molar-refractivity contribution is 0.414. The van der Waals surface area contributed by atoms with E-state index >= 15 is 0 Å². The highest BCUT2D eigenvalue weighted by Gasteiger charge is 2.21. The molecule has 0 N–H and O–H groups in total. The normalized spacial score (nSPS) is 11.5. The highest BCUT2D eigenvalue weighted by atomic mass is 16.5. The number of ether oxygens (including phenoxy) is 1. The second kappa shape index (κ2) is 7.59. The van der Waals surface area contributed by atoms with Crippen LogP contribution in [0.3, 0.4) is 0 Å².